The van der Waals surface area contributed by atoms with E-state index in [9.17, 15) is 4.79 Å². The predicted octanol–water partition coefficient (Wildman–Crippen LogP) is 4.06. The van der Waals surface area contributed by atoms with Crippen LogP contribution in [0.3, 0.4) is 0 Å². The van der Waals surface area contributed by atoms with Gasteiger partial charge in [0.2, 0.25) is 0 Å². The van der Waals surface area contributed by atoms with Gasteiger partial charge in [0, 0.05) is 23.3 Å². The van der Waals surface area contributed by atoms with Gasteiger partial charge in [0.15, 0.2) is 0 Å². The van der Waals surface area contributed by atoms with Crippen molar-refractivity contribution in [2.75, 3.05) is 12.8 Å². The average molecular weight is 303 g/mol. The number of aryl methyl sites for hydroxylation is 1. The fourth-order valence-electron chi connectivity index (χ4n) is 2.26. The molecule has 0 saturated carbocycles. The van der Waals surface area contributed by atoms with Crippen LogP contribution in [0.4, 0.5) is 5.69 Å². The maximum Gasteiger partial charge on any atom is 0.254 e. The first-order valence-corrected chi connectivity index (χ1v) is 7.17. The van der Waals surface area contributed by atoms with Crippen molar-refractivity contribution in [2.45, 2.75) is 19.9 Å². The summed E-state index contributed by atoms with van der Waals surface area (Å²) in [6.45, 7) is 3.86. The quantitative estimate of drug-likeness (QED) is 0.869. The van der Waals surface area contributed by atoms with Crippen molar-refractivity contribution in [3.63, 3.8) is 0 Å². The topological polar surface area (TPSA) is 46.3 Å². The molecule has 2 rings (SSSR count). The second-order valence-corrected chi connectivity index (χ2v) is 5.60. The zero-order valence-electron chi connectivity index (χ0n) is 12.4. The van der Waals surface area contributed by atoms with Crippen molar-refractivity contribution < 1.29 is 4.79 Å². The summed E-state index contributed by atoms with van der Waals surface area (Å²) in [6, 6.07) is 12.8. The molecule has 0 aromatic heterocycles. The smallest absolute Gasteiger partial charge is 0.254 e. The molecule has 21 heavy (non-hydrogen) atoms. The molecule has 0 aliphatic carbocycles. The van der Waals surface area contributed by atoms with Crippen LogP contribution in [0.5, 0.6) is 0 Å². The molecule has 2 aromatic carbocycles. The summed E-state index contributed by atoms with van der Waals surface area (Å²) < 4.78 is 0. The van der Waals surface area contributed by atoms with Crippen molar-refractivity contribution in [3.05, 3.63) is 64.2 Å². The molecule has 110 valence electrons. The lowest BCUT2D eigenvalue weighted by Crippen LogP contribution is -2.30. The molecule has 4 heteroatoms. The van der Waals surface area contributed by atoms with Crippen LogP contribution in [-0.2, 0) is 0 Å². The van der Waals surface area contributed by atoms with Gasteiger partial charge < -0.3 is 10.6 Å². The summed E-state index contributed by atoms with van der Waals surface area (Å²) in [7, 11) is 1.78. The van der Waals surface area contributed by atoms with Crippen molar-refractivity contribution in [1.29, 1.82) is 0 Å². The molecular formula is C17H19ClN2O. The van der Waals surface area contributed by atoms with E-state index in [0.717, 1.165) is 11.1 Å². The van der Waals surface area contributed by atoms with Gasteiger partial charge in [-0.3, -0.25) is 4.79 Å². The van der Waals surface area contributed by atoms with Crippen molar-refractivity contribution in [3.8, 4) is 0 Å². The van der Waals surface area contributed by atoms with E-state index in [-0.39, 0.29) is 11.9 Å². The van der Waals surface area contributed by atoms with Gasteiger partial charge in [-0.25, -0.2) is 0 Å². The first kappa shape index (κ1) is 15.4. The fourth-order valence-corrected chi connectivity index (χ4v) is 2.55. The molecule has 3 nitrogen and oxygen atoms in total. The number of rotatable bonds is 3. The number of halogens is 1. The monoisotopic (exact) mass is 302 g/mol. The highest BCUT2D eigenvalue weighted by Crippen LogP contribution is 2.28. The summed E-state index contributed by atoms with van der Waals surface area (Å²) in [5.41, 5.74) is 8.83. The minimum Gasteiger partial charge on any atom is -0.399 e. The summed E-state index contributed by atoms with van der Waals surface area (Å²) in [4.78, 5) is 14.4. The Bertz CT molecular complexity index is 670. The highest BCUT2D eigenvalue weighted by Gasteiger charge is 2.21. The fraction of sp³-hybridized carbons (Fsp3) is 0.235. The molecule has 0 aliphatic rings. The molecule has 0 aliphatic heterocycles. The van der Waals surface area contributed by atoms with Gasteiger partial charge in [-0.1, -0.05) is 35.9 Å². The van der Waals surface area contributed by atoms with E-state index in [2.05, 4.69) is 0 Å². The molecule has 0 radical (unpaired) electrons. The van der Waals surface area contributed by atoms with Gasteiger partial charge in [0.25, 0.3) is 5.91 Å². The van der Waals surface area contributed by atoms with Crippen LogP contribution in [0, 0.1) is 6.92 Å². The first-order chi connectivity index (χ1) is 9.91. The van der Waals surface area contributed by atoms with Crippen LogP contribution in [0.15, 0.2) is 42.5 Å². The molecule has 2 aromatic rings. The highest BCUT2D eigenvalue weighted by molar-refractivity contribution is 6.31. The van der Waals surface area contributed by atoms with Crippen molar-refractivity contribution in [1.82, 2.24) is 4.90 Å². The van der Waals surface area contributed by atoms with E-state index in [1.807, 2.05) is 44.2 Å². The van der Waals surface area contributed by atoms with Crippen molar-refractivity contribution in [2.24, 2.45) is 0 Å². The number of carbonyl (C=O) groups excluding carboxylic acids is 1. The standard InChI is InChI=1S/C17H19ClN2O/c1-11-8-9-13(19)10-15(11)17(21)20(3)12(2)14-6-4-5-7-16(14)18/h4-10,12H,19H2,1-3H3. The summed E-state index contributed by atoms with van der Waals surface area (Å²) >= 11 is 6.21. The second-order valence-electron chi connectivity index (χ2n) is 5.19. The van der Waals surface area contributed by atoms with Crippen LogP contribution in [-0.4, -0.2) is 17.9 Å². The number of anilines is 1. The number of nitrogens with zero attached hydrogens (tertiary/aromatic N) is 1. The van der Waals surface area contributed by atoms with Gasteiger partial charge >= 0.3 is 0 Å². The molecule has 1 atom stereocenters. The number of hydrogen-bond donors (Lipinski definition) is 1. The molecule has 0 bridgehead atoms. The van der Waals surface area contributed by atoms with Gasteiger partial charge in [-0.2, -0.15) is 0 Å². The largest absolute Gasteiger partial charge is 0.399 e. The van der Waals surface area contributed by atoms with Gasteiger partial charge in [0.1, 0.15) is 0 Å². The molecule has 1 unspecified atom stereocenters. The van der Waals surface area contributed by atoms with E-state index in [0.29, 0.717) is 16.3 Å². The van der Waals surface area contributed by atoms with Gasteiger partial charge in [-0.05, 0) is 43.2 Å². The Morgan fingerprint density at radius 3 is 2.57 bits per heavy atom. The van der Waals surface area contributed by atoms with Gasteiger partial charge in [-0.15, -0.1) is 0 Å². The Morgan fingerprint density at radius 1 is 1.24 bits per heavy atom. The highest BCUT2D eigenvalue weighted by atomic mass is 35.5. The molecule has 0 fully saturated rings. The van der Waals surface area contributed by atoms with Crippen LogP contribution in [0.25, 0.3) is 0 Å². The summed E-state index contributed by atoms with van der Waals surface area (Å²) in [5, 5.41) is 0.661. The SMILES string of the molecule is Cc1ccc(N)cc1C(=O)N(C)C(C)c1ccccc1Cl. The third kappa shape index (κ3) is 3.19. The Hall–Kier alpha value is -2.00. The maximum absolute atomic E-state index is 12.7. The first-order valence-electron chi connectivity index (χ1n) is 6.79. The van der Waals surface area contributed by atoms with Gasteiger partial charge in [0.05, 0.1) is 6.04 Å². The van der Waals surface area contributed by atoms with Crippen molar-refractivity contribution >= 4 is 23.2 Å². The molecular weight excluding hydrogens is 284 g/mol. The number of nitrogen functional groups attached to an aromatic ring is 1. The number of amides is 1. The Morgan fingerprint density at radius 2 is 1.90 bits per heavy atom. The summed E-state index contributed by atoms with van der Waals surface area (Å²) in [5.74, 6) is -0.0628. The van der Waals surface area contributed by atoms with E-state index in [4.69, 9.17) is 17.3 Å². The van der Waals surface area contributed by atoms with E-state index in [1.165, 1.54) is 0 Å². The average Bonchev–Trinajstić information content (AvgIpc) is 2.48. The zero-order chi connectivity index (χ0) is 15.6. The molecule has 2 N–H and O–H groups in total. The van der Waals surface area contributed by atoms with Crippen LogP contribution in [0.1, 0.15) is 34.5 Å². The molecule has 0 saturated heterocycles. The Kier molecular flexibility index (Phi) is 4.53. The number of benzene rings is 2. The van der Waals surface area contributed by atoms with Crippen LogP contribution < -0.4 is 5.73 Å². The lowest BCUT2D eigenvalue weighted by Gasteiger charge is -2.26. The predicted molar refractivity (Wildman–Crippen MR) is 87.6 cm³/mol. The van der Waals surface area contributed by atoms with E-state index in [1.54, 1.807) is 24.1 Å². The lowest BCUT2D eigenvalue weighted by molar-refractivity contribution is 0.0742. The second kappa shape index (κ2) is 6.19. The third-order valence-electron chi connectivity index (χ3n) is 3.75. The summed E-state index contributed by atoms with van der Waals surface area (Å²) in [6.07, 6.45) is 0. The van der Waals surface area contributed by atoms with Crippen LogP contribution in [0.2, 0.25) is 5.02 Å². The van der Waals surface area contributed by atoms with E-state index >= 15 is 0 Å². The normalized spacial score (nSPS) is 12.0. The Labute approximate surface area is 130 Å². The molecule has 0 heterocycles. The van der Waals surface area contributed by atoms with Crippen LogP contribution >= 0.6 is 11.6 Å². The third-order valence-corrected chi connectivity index (χ3v) is 4.09. The molecule has 1 amide bonds. The minimum absolute atomic E-state index is 0.0628. The Balaban J connectivity index is 2.31. The minimum atomic E-state index is -0.118. The maximum atomic E-state index is 12.7. The van der Waals surface area contributed by atoms with E-state index < -0.39 is 0 Å². The number of carbonyl (C=O) groups is 1. The molecule has 0 spiro atoms. The number of hydrogen-bond acceptors (Lipinski definition) is 2. The number of nitrogens with two attached hydrogens (primary N) is 1. The lowest BCUT2D eigenvalue weighted by atomic mass is 10.0. The zero-order valence-corrected chi connectivity index (χ0v) is 13.2.